The Morgan fingerprint density at radius 2 is 1.87 bits per heavy atom. The highest BCUT2D eigenvalue weighted by atomic mass is 35.5. The first-order valence-corrected chi connectivity index (χ1v) is 5.25. The van der Waals surface area contributed by atoms with Gasteiger partial charge >= 0.3 is 0 Å². The van der Waals surface area contributed by atoms with Crippen LogP contribution in [0.1, 0.15) is 38.0 Å². The first-order chi connectivity index (χ1) is 6.73. The lowest BCUT2D eigenvalue weighted by atomic mass is 9.84. The third kappa shape index (κ3) is 2.70. The second-order valence-corrected chi connectivity index (χ2v) is 5.30. The van der Waals surface area contributed by atoms with E-state index >= 15 is 0 Å². The zero-order chi connectivity index (χ0) is 11.8. The van der Waals surface area contributed by atoms with Gasteiger partial charge in [0.2, 0.25) is 0 Å². The number of hydrogen-bond acceptors (Lipinski definition) is 1. The topological polar surface area (TPSA) is 20.2 Å². The van der Waals surface area contributed by atoms with Gasteiger partial charge in [0.1, 0.15) is 5.82 Å². The van der Waals surface area contributed by atoms with Crippen molar-refractivity contribution in [3.8, 4) is 0 Å². The van der Waals surface area contributed by atoms with Gasteiger partial charge in [-0.25, -0.2) is 4.39 Å². The lowest BCUT2D eigenvalue weighted by Crippen LogP contribution is -2.18. The molecule has 0 amide bonds. The number of rotatable bonds is 1. The normalized spacial score (nSPS) is 14.1. The summed E-state index contributed by atoms with van der Waals surface area (Å²) in [5.74, 6) is -0.343. The second kappa shape index (κ2) is 4.11. The lowest BCUT2D eigenvalue weighted by molar-refractivity contribution is 0.0626. The van der Waals surface area contributed by atoms with E-state index in [2.05, 4.69) is 0 Å². The van der Waals surface area contributed by atoms with Crippen LogP contribution in [0.3, 0.4) is 0 Å². The molecule has 1 unspecified atom stereocenters. The molecular formula is C12H16ClFO. The van der Waals surface area contributed by atoms with Crippen LogP contribution in [0.25, 0.3) is 0 Å². The summed E-state index contributed by atoms with van der Waals surface area (Å²) in [6.45, 7) is 7.39. The molecule has 1 N–H and O–H groups in total. The van der Waals surface area contributed by atoms with Crippen molar-refractivity contribution >= 4 is 11.6 Å². The van der Waals surface area contributed by atoms with Gasteiger partial charge in [-0.2, -0.15) is 0 Å². The quantitative estimate of drug-likeness (QED) is 0.777. The predicted octanol–water partition coefficient (Wildman–Crippen LogP) is 3.87. The van der Waals surface area contributed by atoms with E-state index in [1.807, 2.05) is 20.8 Å². The van der Waals surface area contributed by atoms with E-state index in [9.17, 15) is 9.50 Å². The lowest BCUT2D eigenvalue weighted by Gasteiger charge is -2.27. The van der Waals surface area contributed by atoms with Crippen molar-refractivity contribution < 1.29 is 9.50 Å². The van der Waals surface area contributed by atoms with E-state index in [0.717, 1.165) is 0 Å². The van der Waals surface area contributed by atoms with Gasteiger partial charge in [0.05, 0.1) is 6.10 Å². The number of hydrogen-bond donors (Lipinski definition) is 1. The Bertz CT molecular complexity index is 369. The third-order valence-corrected chi connectivity index (χ3v) is 2.72. The number of benzene rings is 1. The van der Waals surface area contributed by atoms with Gasteiger partial charge in [0.15, 0.2) is 0 Å². The monoisotopic (exact) mass is 230 g/mol. The zero-order valence-electron chi connectivity index (χ0n) is 9.44. The van der Waals surface area contributed by atoms with Crippen molar-refractivity contribution in [3.05, 3.63) is 34.1 Å². The zero-order valence-corrected chi connectivity index (χ0v) is 10.2. The number of aliphatic hydroxyl groups excluding tert-OH is 1. The van der Waals surface area contributed by atoms with Gasteiger partial charge in [-0.3, -0.25) is 0 Å². The van der Waals surface area contributed by atoms with Gasteiger partial charge in [-0.1, -0.05) is 32.4 Å². The second-order valence-electron chi connectivity index (χ2n) is 4.89. The molecule has 0 spiro atoms. The molecule has 84 valence electrons. The van der Waals surface area contributed by atoms with E-state index in [1.54, 1.807) is 13.0 Å². The highest BCUT2D eigenvalue weighted by Crippen LogP contribution is 2.36. The minimum Gasteiger partial charge on any atom is -0.388 e. The molecule has 15 heavy (non-hydrogen) atoms. The third-order valence-electron chi connectivity index (χ3n) is 2.39. The summed E-state index contributed by atoms with van der Waals surface area (Å²) in [6, 6.07) is 2.86. The maximum atomic E-state index is 13.2. The Hall–Kier alpha value is -0.600. The van der Waals surface area contributed by atoms with Crippen molar-refractivity contribution in [2.45, 2.75) is 33.8 Å². The average molecular weight is 231 g/mol. The standard InChI is InChI=1S/C12H16ClFO/c1-7-5-8(9(13)6-10(7)14)11(15)12(2,3)4/h5-6,11,15H,1-4H3. The molecule has 0 aliphatic rings. The number of aryl methyl sites for hydroxylation is 1. The Morgan fingerprint density at radius 3 is 2.33 bits per heavy atom. The van der Waals surface area contributed by atoms with Crippen molar-refractivity contribution in [2.24, 2.45) is 5.41 Å². The average Bonchev–Trinajstić information content (AvgIpc) is 2.08. The molecule has 1 nitrogen and oxygen atoms in total. The maximum absolute atomic E-state index is 13.2. The van der Waals surface area contributed by atoms with E-state index in [-0.39, 0.29) is 16.3 Å². The highest BCUT2D eigenvalue weighted by Gasteiger charge is 2.26. The van der Waals surface area contributed by atoms with Gasteiger partial charge in [-0.15, -0.1) is 0 Å². The van der Waals surface area contributed by atoms with E-state index in [0.29, 0.717) is 11.1 Å². The van der Waals surface area contributed by atoms with Gasteiger partial charge in [0.25, 0.3) is 0 Å². The predicted molar refractivity (Wildman–Crippen MR) is 60.6 cm³/mol. The summed E-state index contributed by atoms with van der Waals surface area (Å²) in [5, 5.41) is 10.3. The Morgan fingerprint density at radius 1 is 1.33 bits per heavy atom. The summed E-state index contributed by atoms with van der Waals surface area (Å²) in [5.41, 5.74) is 0.772. The molecule has 0 saturated heterocycles. The van der Waals surface area contributed by atoms with Crippen LogP contribution in [-0.4, -0.2) is 5.11 Å². The molecule has 1 aromatic carbocycles. The van der Waals surface area contributed by atoms with Crippen LogP contribution in [0, 0.1) is 18.2 Å². The molecule has 1 rings (SSSR count). The smallest absolute Gasteiger partial charge is 0.127 e. The first-order valence-electron chi connectivity index (χ1n) is 4.87. The summed E-state index contributed by atoms with van der Waals surface area (Å²) in [6.07, 6.45) is -0.690. The summed E-state index contributed by atoms with van der Waals surface area (Å²) >= 11 is 5.90. The van der Waals surface area contributed by atoms with Crippen LogP contribution < -0.4 is 0 Å². The van der Waals surface area contributed by atoms with Crippen LogP contribution in [0.5, 0.6) is 0 Å². The molecule has 0 aliphatic carbocycles. The molecule has 0 radical (unpaired) electrons. The molecule has 0 aromatic heterocycles. The fourth-order valence-electron chi connectivity index (χ4n) is 1.36. The first kappa shape index (κ1) is 12.5. The maximum Gasteiger partial charge on any atom is 0.127 e. The molecular weight excluding hydrogens is 215 g/mol. The molecule has 0 bridgehead atoms. The molecule has 0 fully saturated rings. The molecule has 1 atom stereocenters. The molecule has 0 saturated carbocycles. The highest BCUT2D eigenvalue weighted by molar-refractivity contribution is 6.31. The van der Waals surface area contributed by atoms with Crippen LogP contribution in [0.15, 0.2) is 12.1 Å². The number of halogens is 2. The van der Waals surface area contributed by atoms with Crippen molar-refractivity contribution in [3.63, 3.8) is 0 Å². The van der Waals surface area contributed by atoms with Crippen LogP contribution in [0.2, 0.25) is 5.02 Å². The minimum atomic E-state index is -0.690. The molecule has 3 heteroatoms. The van der Waals surface area contributed by atoms with Crippen LogP contribution in [0.4, 0.5) is 4.39 Å². The van der Waals surface area contributed by atoms with Crippen LogP contribution >= 0.6 is 11.6 Å². The van der Waals surface area contributed by atoms with E-state index < -0.39 is 6.10 Å². The van der Waals surface area contributed by atoms with Crippen molar-refractivity contribution in [2.75, 3.05) is 0 Å². The fraction of sp³-hybridized carbons (Fsp3) is 0.500. The minimum absolute atomic E-state index is 0.278. The SMILES string of the molecule is Cc1cc(C(O)C(C)(C)C)c(Cl)cc1F. The summed E-state index contributed by atoms with van der Waals surface area (Å²) < 4.78 is 13.2. The number of aliphatic hydroxyl groups is 1. The largest absolute Gasteiger partial charge is 0.388 e. The Kier molecular flexibility index (Phi) is 3.41. The van der Waals surface area contributed by atoms with E-state index in [4.69, 9.17) is 11.6 Å². The molecule has 1 aromatic rings. The Balaban J connectivity index is 3.21. The summed E-state index contributed by atoms with van der Waals surface area (Å²) in [7, 11) is 0. The van der Waals surface area contributed by atoms with Crippen LogP contribution in [-0.2, 0) is 0 Å². The molecule has 0 heterocycles. The Labute approximate surface area is 94.9 Å². The van der Waals surface area contributed by atoms with Crippen molar-refractivity contribution in [1.82, 2.24) is 0 Å². The van der Waals surface area contributed by atoms with Gasteiger partial charge in [0, 0.05) is 10.6 Å². The van der Waals surface area contributed by atoms with Gasteiger partial charge < -0.3 is 5.11 Å². The summed E-state index contributed by atoms with van der Waals surface area (Å²) in [4.78, 5) is 0. The van der Waals surface area contributed by atoms with Crippen molar-refractivity contribution in [1.29, 1.82) is 0 Å². The van der Waals surface area contributed by atoms with Gasteiger partial charge in [-0.05, 0) is 30.0 Å². The fourth-order valence-corrected chi connectivity index (χ4v) is 1.61. The molecule has 0 aliphatic heterocycles. The van der Waals surface area contributed by atoms with E-state index in [1.165, 1.54) is 6.07 Å².